The molecule has 1 heterocycles. The maximum atomic E-state index is 13.0. The Morgan fingerprint density at radius 1 is 1.16 bits per heavy atom. The van der Waals surface area contributed by atoms with Crippen molar-refractivity contribution < 1.29 is 22.4 Å². The summed E-state index contributed by atoms with van der Waals surface area (Å²) >= 11 is 0. The van der Waals surface area contributed by atoms with Crippen LogP contribution < -0.4 is 5.32 Å². The van der Waals surface area contributed by atoms with Gasteiger partial charge in [0.15, 0.2) is 0 Å². The largest absolute Gasteiger partial charge is 0.338 e. The van der Waals surface area contributed by atoms with Crippen LogP contribution in [-0.4, -0.2) is 49.6 Å². The number of hydrogen-bond donors (Lipinski definition) is 1. The number of hydrogen-bond acceptors (Lipinski definition) is 4. The van der Waals surface area contributed by atoms with Gasteiger partial charge in [-0.3, -0.25) is 9.59 Å². The van der Waals surface area contributed by atoms with Crippen molar-refractivity contribution >= 4 is 27.5 Å². The predicted molar refractivity (Wildman–Crippen MR) is 120 cm³/mol. The average Bonchev–Trinajstić information content (AvgIpc) is 2.76. The summed E-state index contributed by atoms with van der Waals surface area (Å²) in [7, 11) is -2.30. The Morgan fingerprint density at radius 2 is 1.91 bits per heavy atom. The van der Waals surface area contributed by atoms with Crippen LogP contribution in [0.15, 0.2) is 53.4 Å². The summed E-state index contributed by atoms with van der Waals surface area (Å²) in [6.07, 6.45) is 3.02. The fraction of sp³-hybridized carbons (Fsp3) is 0.391. The molecule has 172 valence electrons. The Morgan fingerprint density at radius 3 is 2.62 bits per heavy atom. The summed E-state index contributed by atoms with van der Waals surface area (Å²) < 4.78 is 39.2. The second kappa shape index (κ2) is 10.7. The van der Waals surface area contributed by atoms with Crippen LogP contribution in [0, 0.1) is 5.82 Å². The zero-order chi connectivity index (χ0) is 23.1. The van der Waals surface area contributed by atoms with Crippen molar-refractivity contribution in [2.45, 2.75) is 43.5 Å². The number of carbonyl (C=O) groups excluding carboxylic acids is 2. The molecule has 0 spiro atoms. The zero-order valence-electron chi connectivity index (χ0n) is 18.1. The number of nitrogens with one attached hydrogen (secondary N) is 1. The smallest absolute Gasteiger partial charge is 0.242 e. The van der Waals surface area contributed by atoms with Gasteiger partial charge in [0.05, 0.1) is 4.90 Å². The van der Waals surface area contributed by atoms with Crippen LogP contribution in [0.4, 0.5) is 10.1 Å². The topological polar surface area (TPSA) is 86.8 Å². The number of halogens is 1. The zero-order valence-corrected chi connectivity index (χ0v) is 18.9. The number of nitrogens with zero attached hydrogens (tertiary/aromatic N) is 2. The normalized spacial score (nSPS) is 14.6. The molecule has 0 aromatic heterocycles. The van der Waals surface area contributed by atoms with Crippen molar-refractivity contribution in [3.8, 4) is 0 Å². The highest BCUT2D eigenvalue weighted by atomic mass is 32.2. The van der Waals surface area contributed by atoms with E-state index in [9.17, 15) is 22.4 Å². The lowest BCUT2D eigenvalue weighted by molar-refractivity contribution is -0.133. The van der Waals surface area contributed by atoms with Crippen LogP contribution >= 0.6 is 0 Å². The molecule has 1 N–H and O–H groups in total. The molecule has 1 saturated heterocycles. The molecule has 0 saturated carbocycles. The number of piperidine rings is 1. The van der Waals surface area contributed by atoms with E-state index in [0.717, 1.165) is 41.4 Å². The number of benzene rings is 2. The lowest BCUT2D eigenvalue weighted by Crippen LogP contribution is -2.34. The first-order valence-electron chi connectivity index (χ1n) is 10.6. The van der Waals surface area contributed by atoms with Crippen LogP contribution in [0.5, 0.6) is 0 Å². The van der Waals surface area contributed by atoms with Crippen molar-refractivity contribution in [1.82, 2.24) is 9.21 Å². The quantitative estimate of drug-likeness (QED) is 0.620. The highest BCUT2D eigenvalue weighted by molar-refractivity contribution is 7.89. The summed E-state index contributed by atoms with van der Waals surface area (Å²) in [5.41, 5.74) is 1.59. The minimum Gasteiger partial charge on any atom is -0.338 e. The van der Waals surface area contributed by atoms with Crippen LogP contribution in [0.1, 0.15) is 37.7 Å². The fourth-order valence-electron chi connectivity index (χ4n) is 3.59. The molecule has 0 atom stereocenters. The van der Waals surface area contributed by atoms with E-state index < -0.39 is 15.8 Å². The Bertz CT molecular complexity index is 1060. The van der Waals surface area contributed by atoms with E-state index >= 15 is 0 Å². The van der Waals surface area contributed by atoms with Crippen molar-refractivity contribution in [2.75, 3.05) is 25.5 Å². The molecule has 1 aliphatic rings. The van der Waals surface area contributed by atoms with E-state index in [2.05, 4.69) is 5.32 Å². The number of likely N-dealkylation sites (tertiary alicyclic amines) is 1. The number of anilines is 1. The highest BCUT2D eigenvalue weighted by Crippen LogP contribution is 2.18. The molecule has 9 heteroatoms. The van der Waals surface area contributed by atoms with Crippen LogP contribution in [-0.2, 0) is 26.2 Å². The molecule has 0 bridgehead atoms. The molecule has 3 rings (SSSR count). The second-order valence-electron chi connectivity index (χ2n) is 7.91. The minimum atomic E-state index is -3.73. The molecule has 0 radical (unpaired) electrons. The van der Waals surface area contributed by atoms with Gasteiger partial charge >= 0.3 is 0 Å². The second-order valence-corrected chi connectivity index (χ2v) is 9.95. The number of rotatable bonds is 9. The molecule has 1 aliphatic heterocycles. The van der Waals surface area contributed by atoms with Crippen LogP contribution in [0.2, 0.25) is 0 Å². The number of carbonyl (C=O) groups is 2. The third-order valence-corrected chi connectivity index (χ3v) is 7.28. The monoisotopic (exact) mass is 461 g/mol. The third-order valence-electron chi connectivity index (χ3n) is 5.40. The summed E-state index contributed by atoms with van der Waals surface area (Å²) in [4.78, 5) is 26.2. The van der Waals surface area contributed by atoms with Crippen molar-refractivity contribution in [3.63, 3.8) is 0 Å². The van der Waals surface area contributed by atoms with Crippen molar-refractivity contribution in [3.05, 3.63) is 59.9 Å². The lowest BCUT2D eigenvalue weighted by Gasteiger charge is -2.26. The molecule has 32 heavy (non-hydrogen) atoms. The molecule has 0 aliphatic carbocycles. The van der Waals surface area contributed by atoms with E-state index in [1.54, 1.807) is 6.07 Å². The summed E-state index contributed by atoms with van der Waals surface area (Å²) in [6.45, 7) is 1.43. The lowest BCUT2D eigenvalue weighted by atomic mass is 10.1. The van der Waals surface area contributed by atoms with Gasteiger partial charge in [-0.25, -0.2) is 17.1 Å². The van der Waals surface area contributed by atoms with Crippen molar-refractivity contribution in [1.29, 1.82) is 0 Å². The molecule has 1 fully saturated rings. The number of sulfonamides is 1. The predicted octanol–water partition coefficient (Wildman–Crippen LogP) is 3.38. The molecule has 2 aromatic carbocycles. The van der Waals surface area contributed by atoms with Gasteiger partial charge in [0.1, 0.15) is 5.82 Å². The standard InChI is InChI=1S/C23H28FN3O4S/c1-26(32(30,31)21-12-10-19(24)11-13-21)14-5-8-22(28)25-20-7-4-6-18(16-20)17-27-15-3-2-9-23(27)29/h4,6-7,10-13,16H,2-3,5,8-9,14-15,17H2,1H3,(H,25,28). The van der Waals surface area contributed by atoms with Gasteiger partial charge in [-0.05, 0) is 61.2 Å². The van der Waals surface area contributed by atoms with Gasteiger partial charge < -0.3 is 10.2 Å². The average molecular weight is 462 g/mol. The van der Waals surface area contributed by atoms with E-state index in [0.29, 0.717) is 25.1 Å². The molecule has 0 unspecified atom stereocenters. The van der Waals surface area contributed by atoms with Gasteiger partial charge in [-0.15, -0.1) is 0 Å². The molecular formula is C23H28FN3O4S. The SMILES string of the molecule is CN(CCCC(=O)Nc1cccc(CN2CCCCC2=O)c1)S(=O)(=O)c1ccc(F)cc1. The molecular weight excluding hydrogens is 433 g/mol. The third kappa shape index (κ3) is 6.37. The van der Waals surface area contributed by atoms with Crippen LogP contribution in [0.3, 0.4) is 0 Å². The van der Waals surface area contributed by atoms with Crippen molar-refractivity contribution in [2.24, 2.45) is 0 Å². The van der Waals surface area contributed by atoms with Gasteiger partial charge in [-0.1, -0.05) is 12.1 Å². The summed E-state index contributed by atoms with van der Waals surface area (Å²) in [5.74, 6) is -0.566. The Balaban J connectivity index is 1.48. The Hall–Kier alpha value is -2.78. The minimum absolute atomic E-state index is 0.00912. The van der Waals surface area contributed by atoms with Gasteiger partial charge in [0.25, 0.3) is 0 Å². The molecule has 7 nitrogen and oxygen atoms in total. The highest BCUT2D eigenvalue weighted by Gasteiger charge is 2.21. The van der Waals surface area contributed by atoms with E-state index in [-0.39, 0.29) is 29.7 Å². The fourth-order valence-corrected chi connectivity index (χ4v) is 4.80. The van der Waals surface area contributed by atoms with Gasteiger partial charge in [-0.2, -0.15) is 0 Å². The molecule has 2 aromatic rings. The molecule has 2 amide bonds. The maximum absolute atomic E-state index is 13.0. The summed E-state index contributed by atoms with van der Waals surface area (Å²) in [5, 5.41) is 2.83. The first-order valence-corrected chi connectivity index (χ1v) is 12.1. The van der Waals surface area contributed by atoms with E-state index in [1.807, 2.05) is 23.1 Å². The first kappa shape index (κ1) is 23.9. The van der Waals surface area contributed by atoms with Gasteiger partial charge in [0, 0.05) is 45.2 Å². The van der Waals surface area contributed by atoms with E-state index in [1.165, 1.54) is 19.2 Å². The van der Waals surface area contributed by atoms with Gasteiger partial charge in [0.2, 0.25) is 21.8 Å². The Kier molecular flexibility index (Phi) is 7.98. The Labute approximate surface area is 188 Å². The first-order chi connectivity index (χ1) is 15.3. The van der Waals surface area contributed by atoms with E-state index in [4.69, 9.17) is 0 Å². The van der Waals surface area contributed by atoms with Crippen LogP contribution in [0.25, 0.3) is 0 Å². The number of amides is 2. The maximum Gasteiger partial charge on any atom is 0.242 e. The summed E-state index contributed by atoms with van der Waals surface area (Å²) in [6, 6.07) is 12.0.